The summed E-state index contributed by atoms with van der Waals surface area (Å²) in [7, 11) is 1.32. The summed E-state index contributed by atoms with van der Waals surface area (Å²) in [5.41, 5.74) is 9.32. The smallest absolute Gasteiger partial charge is 0.340 e. The molecule has 8 heteroatoms. The van der Waals surface area contributed by atoms with Crippen LogP contribution in [0.2, 0.25) is 0 Å². The lowest BCUT2D eigenvalue weighted by Gasteiger charge is -2.20. The number of rotatable bonds is 2. The van der Waals surface area contributed by atoms with E-state index in [1.165, 1.54) is 7.11 Å². The summed E-state index contributed by atoms with van der Waals surface area (Å²) < 4.78 is 10.8. The van der Waals surface area contributed by atoms with Gasteiger partial charge in [0, 0.05) is 35.3 Å². The minimum Gasteiger partial charge on any atom is -0.506 e. The highest BCUT2D eigenvalue weighted by Gasteiger charge is 2.37. The number of aromatic amines is 1. The largest absolute Gasteiger partial charge is 0.506 e. The number of anilines is 1. The molecular weight excluding hydrogens is 386 g/mol. The van der Waals surface area contributed by atoms with E-state index in [0.717, 1.165) is 5.56 Å². The molecule has 1 aliphatic carbocycles. The topological polar surface area (TPSA) is 118 Å². The number of phenols is 1. The van der Waals surface area contributed by atoms with E-state index in [-0.39, 0.29) is 29.4 Å². The van der Waals surface area contributed by atoms with E-state index in [4.69, 9.17) is 15.2 Å². The standard InChI is InChI=1S/C22H21N3O5/c1-10-18(22(28)29-2)19-13-5-6-25(14(13)9-15(26)20(19)24-10)21(27)17-8-11-7-12(23)3-4-16(11)30-17/h3-4,7-9,11,16,24,26H,5-6,23H2,1-2H3. The number of amides is 1. The van der Waals surface area contributed by atoms with E-state index in [0.29, 0.717) is 46.5 Å². The number of aromatic nitrogens is 1. The van der Waals surface area contributed by atoms with Gasteiger partial charge in [-0.2, -0.15) is 0 Å². The summed E-state index contributed by atoms with van der Waals surface area (Å²) in [5.74, 6) is -0.625. The molecule has 3 aliphatic rings. The maximum Gasteiger partial charge on any atom is 0.340 e. The van der Waals surface area contributed by atoms with E-state index in [2.05, 4.69) is 4.98 Å². The summed E-state index contributed by atoms with van der Waals surface area (Å²) >= 11 is 0. The zero-order chi connectivity index (χ0) is 21.2. The number of benzene rings is 1. The van der Waals surface area contributed by atoms with Crippen LogP contribution in [0.15, 0.2) is 41.8 Å². The predicted octanol–water partition coefficient (Wildman–Crippen LogP) is 2.17. The van der Waals surface area contributed by atoms with E-state index in [1.54, 1.807) is 30.0 Å². The van der Waals surface area contributed by atoms with E-state index in [9.17, 15) is 14.7 Å². The highest BCUT2D eigenvalue weighted by molar-refractivity contribution is 6.13. The van der Waals surface area contributed by atoms with Gasteiger partial charge >= 0.3 is 5.97 Å². The van der Waals surface area contributed by atoms with Crippen molar-refractivity contribution in [1.29, 1.82) is 0 Å². The van der Waals surface area contributed by atoms with Crippen molar-refractivity contribution >= 4 is 28.5 Å². The molecule has 3 heterocycles. The third-order valence-electron chi connectivity index (χ3n) is 5.90. The summed E-state index contributed by atoms with van der Waals surface area (Å²) in [6, 6.07) is 1.56. The number of aromatic hydroxyl groups is 1. The van der Waals surface area contributed by atoms with Gasteiger partial charge in [0.15, 0.2) is 5.76 Å². The van der Waals surface area contributed by atoms with Crippen LogP contribution in [0.5, 0.6) is 5.75 Å². The molecule has 2 aromatic rings. The van der Waals surface area contributed by atoms with Crippen LogP contribution in [0.25, 0.3) is 10.9 Å². The maximum absolute atomic E-state index is 13.2. The highest BCUT2D eigenvalue weighted by atomic mass is 16.5. The number of methoxy groups -OCH3 is 1. The molecule has 0 radical (unpaired) electrons. The molecular formula is C22H21N3O5. The van der Waals surface area contributed by atoms with Gasteiger partial charge in [0.1, 0.15) is 11.9 Å². The van der Waals surface area contributed by atoms with Crippen molar-refractivity contribution in [2.45, 2.75) is 19.4 Å². The van der Waals surface area contributed by atoms with Gasteiger partial charge in [0.25, 0.3) is 5.91 Å². The number of nitrogens with one attached hydrogen (secondary N) is 1. The molecule has 2 atom stereocenters. The number of carbonyl (C=O) groups excluding carboxylic acids is 2. The predicted molar refractivity (Wildman–Crippen MR) is 110 cm³/mol. The third kappa shape index (κ3) is 2.53. The van der Waals surface area contributed by atoms with Crippen LogP contribution in [-0.2, 0) is 20.7 Å². The Hall–Kier alpha value is -3.68. The zero-order valence-electron chi connectivity index (χ0n) is 16.6. The van der Waals surface area contributed by atoms with Crippen molar-refractivity contribution in [3.8, 4) is 5.75 Å². The monoisotopic (exact) mass is 407 g/mol. The molecule has 4 N–H and O–H groups in total. The molecule has 8 nitrogen and oxygen atoms in total. The van der Waals surface area contributed by atoms with Crippen LogP contribution in [0, 0.1) is 12.8 Å². The van der Waals surface area contributed by atoms with E-state index >= 15 is 0 Å². The number of hydrogen-bond acceptors (Lipinski definition) is 6. The van der Waals surface area contributed by atoms with Crippen LogP contribution in [-0.4, -0.2) is 41.7 Å². The molecule has 2 aliphatic heterocycles. The molecule has 154 valence electrons. The maximum atomic E-state index is 13.2. The molecule has 0 spiro atoms. The van der Waals surface area contributed by atoms with Crippen LogP contribution >= 0.6 is 0 Å². The number of nitrogens with zero attached hydrogens (tertiary/aromatic N) is 1. The fraction of sp³-hybridized carbons (Fsp3) is 0.273. The summed E-state index contributed by atoms with van der Waals surface area (Å²) in [6.07, 6.45) is 7.56. The van der Waals surface area contributed by atoms with Crippen molar-refractivity contribution in [3.63, 3.8) is 0 Å². The Morgan fingerprint density at radius 1 is 1.37 bits per heavy atom. The first-order chi connectivity index (χ1) is 14.4. The Morgan fingerprint density at radius 3 is 2.93 bits per heavy atom. The second-order valence-electron chi connectivity index (χ2n) is 7.68. The fourth-order valence-electron chi connectivity index (χ4n) is 4.52. The van der Waals surface area contributed by atoms with Crippen LogP contribution in [0.1, 0.15) is 21.6 Å². The van der Waals surface area contributed by atoms with Gasteiger partial charge in [0.05, 0.1) is 23.9 Å². The molecule has 5 rings (SSSR count). The first-order valence-corrected chi connectivity index (χ1v) is 9.70. The Labute approximate surface area is 172 Å². The van der Waals surface area contributed by atoms with Gasteiger partial charge < -0.3 is 30.2 Å². The molecule has 0 saturated heterocycles. The number of allylic oxidation sites excluding steroid dienone is 1. The number of fused-ring (bicyclic) bond motifs is 4. The molecule has 1 amide bonds. The Morgan fingerprint density at radius 2 is 2.17 bits per heavy atom. The van der Waals surface area contributed by atoms with Crippen LogP contribution < -0.4 is 10.6 Å². The van der Waals surface area contributed by atoms with Crippen molar-refractivity contribution in [2.24, 2.45) is 11.7 Å². The summed E-state index contributed by atoms with van der Waals surface area (Å²) in [4.78, 5) is 30.2. The van der Waals surface area contributed by atoms with Crippen LogP contribution in [0.4, 0.5) is 5.69 Å². The number of H-pyrrole nitrogens is 1. The van der Waals surface area contributed by atoms with Gasteiger partial charge in [-0.1, -0.05) is 6.08 Å². The molecule has 0 bridgehead atoms. The van der Waals surface area contributed by atoms with Gasteiger partial charge in [-0.05, 0) is 37.1 Å². The molecule has 0 fully saturated rings. The van der Waals surface area contributed by atoms with Crippen LogP contribution in [0.3, 0.4) is 0 Å². The lowest BCUT2D eigenvalue weighted by molar-refractivity contribution is -0.118. The second kappa shape index (κ2) is 6.41. The molecule has 1 aromatic carbocycles. The van der Waals surface area contributed by atoms with E-state index < -0.39 is 5.97 Å². The Balaban J connectivity index is 1.56. The van der Waals surface area contributed by atoms with Gasteiger partial charge in [-0.3, -0.25) is 4.79 Å². The minimum absolute atomic E-state index is 0.0321. The molecule has 2 unspecified atom stereocenters. The number of nitrogens with two attached hydrogens (primary N) is 1. The second-order valence-corrected chi connectivity index (χ2v) is 7.68. The van der Waals surface area contributed by atoms with Gasteiger partial charge in [-0.25, -0.2) is 4.79 Å². The highest BCUT2D eigenvalue weighted by Crippen LogP contribution is 2.43. The Bertz CT molecular complexity index is 1200. The number of esters is 1. The fourth-order valence-corrected chi connectivity index (χ4v) is 4.52. The number of hydrogen-bond donors (Lipinski definition) is 3. The molecule has 1 aromatic heterocycles. The Kier molecular flexibility index (Phi) is 3.92. The molecule has 0 saturated carbocycles. The minimum atomic E-state index is -0.488. The number of ether oxygens (including phenoxy) is 2. The van der Waals surface area contributed by atoms with E-state index in [1.807, 2.05) is 12.2 Å². The first-order valence-electron chi connectivity index (χ1n) is 9.70. The van der Waals surface area contributed by atoms with Crippen molar-refractivity contribution < 1.29 is 24.2 Å². The number of aryl methyl sites for hydroxylation is 1. The van der Waals surface area contributed by atoms with Gasteiger partial charge in [-0.15, -0.1) is 0 Å². The van der Waals surface area contributed by atoms with Crippen molar-refractivity contribution in [2.75, 3.05) is 18.6 Å². The average molecular weight is 407 g/mol. The zero-order valence-corrected chi connectivity index (χ0v) is 16.6. The third-order valence-corrected chi connectivity index (χ3v) is 5.90. The SMILES string of the molecule is COC(=O)c1c(C)[nH]c2c(O)cc3c(c12)CCN3C(=O)C1=CC2C=C(N)C=CC2O1. The normalized spacial score (nSPS) is 21.7. The lowest BCUT2D eigenvalue weighted by atomic mass is 9.97. The average Bonchev–Trinajstić information content (AvgIpc) is 3.41. The number of carbonyl (C=O) groups is 2. The number of phenolic OH excluding ortho intramolecular Hbond substituents is 1. The van der Waals surface area contributed by atoms with Crippen molar-refractivity contribution in [1.82, 2.24) is 4.98 Å². The molecule has 30 heavy (non-hydrogen) atoms. The summed E-state index contributed by atoms with van der Waals surface area (Å²) in [6.45, 7) is 2.17. The summed E-state index contributed by atoms with van der Waals surface area (Å²) in [5, 5.41) is 11.2. The quantitative estimate of drug-likeness (QED) is 0.657. The first kappa shape index (κ1) is 18.4. The van der Waals surface area contributed by atoms with Gasteiger partial charge in [0.2, 0.25) is 0 Å². The van der Waals surface area contributed by atoms with Crippen molar-refractivity contribution in [3.05, 3.63) is 58.6 Å². The lowest BCUT2D eigenvalue weighted by Crippen LogP contribution is -2.31.